The van der Waals surface area contributed by atoms with Crippen LogP contribution in [0.25, 0.3) is 0 Å². The third kappa shape index (κ3) is 4.99. The van der Waals surface area contributed by atoms with Crippen molar-refractivity contribution in [1.29, 1.82) is 0 Å². The van der Waals surface area contributed by atoms with E-state index in [0.717, 1.165) is 25.6 Å². The average molecular weight is 366 g/mol. The topological polar surface area (TPSA) is 53.5 Å². The molecular weight excluding hydrogens is 350 g/mol. The minimum absolute atomic E-state index is 0.175. The summed E-state index contributed by atoms with van der Waals surface area (Å²) in [5.74, 6) is -0.175. The van der Waals surface area contributed by atoms with Gasteiger partial charge in [-0.3, -0.25) is 4.79 Å². The van der Waals surface area contributed by atoms with Crippen molar-refractivity contribution in [1.82, 2.24) is 5.43 Å². The van der Waals surface area contributed by atoms with Crippen molar-refractivity contribution in [2.45, 2.75) is 13.8 Å². The molecule has 110 valence electrons. The molecule has 1 heterocycles. The van der Waals surface area contributed by atoms with E-state index < -0.39 is 0 Å². The normalized spacial score (nSPS) is 11.3. The Morgan fingerprint density at radius 1 is 1.33 bits per heavy atom. The van der Waals surface area contributed by atoms with E-state index in [1.807, 2.05) is 50.2 Å². The number of hydrogen-bond donors (Lipinski definition) is 2. The number of anilines is 1. The third-order valence-electron chi connectivity index (χ3n) is 2.75. The molecule has 0 spiro atoms. The van der Waals surface area contributed by atoms with Crippen molar-refractivity contribution >= 4 is 44.6 Å². The van der Waals surface area contributed by atoms with Crippen molar-refractivity contribution in [3.8, 4) is 0 Å². The number of nitrogens with one attached hydrogen (secondary N) is 2. The lowest BCUT2D eigenvalue weighted by atomic mass is 10.2. The van der Waals surface area contributed by atoms with Crippen LogP contribution >= 0.6 is 27.3 Å². The van der Waals surface area contributed by atoms with Gasteiger partial charge in [-0.1, -0.05) is 12.1 Å². The first-order valence-corrected chi connectivity index (χ1v) is 8.05. The lowest BCUT2D eigenvalue weighted by Gasteiger charge is -2.06. The monoisotopic (exact) mass is 365 g/mol. The number of nitrogens with zero attached hydrogens (tertiary/aromatic N) is 1. The summed E-state index contributed by atoms with van der Waals surface area (Å²) in [5.41, 5.74) is 5.41. The highest BCUT2D eigenvalue weighted by Gasteiger charge is 2.03. The Morgan fingerprint density at radius 3 is 2.81 bits per heavy atom. The standard InChI is InChI=1S/C15H16BrN3OS/c1-10-4-3-5-12(8-10)17-9-15(20)19-18-11(2)13-6-7-14(16)21-13/h3-8,17H,9H2,1-2H3,(H,19,20)/b18-11+. The van der Waals surface area contributed by atoms with E-state index in [4.69, 9.17) is 0 Å². The van der Waals surface area contributed by atoms with E-state index in [-0.39, 0.29) is 12.5 Å². The molecule has 0 aliphatic carbocycles. The summed E-state index contributed by atoms with van der Waals surface area (Å²) in [7, 11) is 0. The fraction of sp³-hybridized carbons (Fsp3) is 0.200. The Morgan fingerprint density at radius 2 is 2.14 bits per heavy atom. The number of amides is 1. The summed E-state index contributed by atoms with van der Waals surface area (Å²) in [6.45, 7) is 4.07. The fourth-order valence-electron chi connectivity index (χ4n) is 1.69. The molecule has 6 heteroatoms. The number of hydrazone groups is 1. The SMILES string of the molecule is C/C(=N\NC(=O)CNc1cccc(C)c1)c1ccc(Br)s1. The molecule has 1 amide bonds. The molecule has 2 N–H and O–H groups in total. The zero-order valence-electron chi connectivity index (χ0n) is 11.8. The van der Waals surface area contributed by atoms with Crippen LogP contribution in [0.3, 0.4) is 0 Å². The first-order valence-electron chi connectivity index (χ1n) is 6.44. The number of benzene rings is 1. The Hall–Kier alpha value is -1.66. The van der Waals surface area contributed by atoms with Crippen molar-refractivity contribution in [2.75, 3.05) is 11.9 Å². The Balaban J connectivity index is 1.84. The zero-order chi connectivity index (χ0) is 15.2. The van der Waals surface area contributed by atoms with Crippen LogP contribution in [0.1, 0.15) is 17.4 Å². The van der Waals surface area contributed by atoms with Crippen LogP contribution in [-0.4, -0.2) is 18.2 Å². The number of hydrogen-bond acceptors (Lipinski definition) is 4. The Labute approximate surface area is 136 Å². The average Bonchev–Trinajstić information content (AvgIpc) is 2.89. The van der Waals surface area contributed by atoms with Gasteiger partial charge in [0.05, 0.1) is 20.9 Å². The molecule has 0 bridgehead atoms. The van der Waals surface area contributed by atoms with E-state index in [0.29, 0.717) is 0 Å². The maximum atomic E-state index is 11.8. The molecule has 1 aromatic heterocycles. The second-order valence-corrected chi connectivity index (χ2v) is 7.02. The van der Waals surface area contributed by atoms with Crippen LogP contribution in [0.4, 0.5) is 5.69 Å². The molecule has 1 aromatic carbocycles. The zero-order valence-corrected chi connectivity index (χ0v) is 14.2. The van der Waals surface area contributed by atoms with Gasteiger partial charge in [0.2, 0.25) is 0 Å². The highest BCUT2D eigenvalue weighted by molar-refractivity contribution is 9.11. The summed E-state index contributed by atoms with van der Waals surface area (Å²) in [5, 5.41) is 7.17. The second-order valence-electron chi connectivity index (χ2n) is 4.56. The molecule has 0 fully saturated rings. The molecule has 0 atom stereocenters. The molecule has 0 aliphatic rings. The van der Waals surface area contributed by atoms with Crippen LogP contribution in [0.2, 0.25) is 0 Å². The van der Waals surface area contributed by atoms with Gasteiger partial charge in [0.25, 0.3) is 5.91 Å². The van der Waals surface area contributed by atoms with Crippen molar-refractivity contribution in [3.05, 3.63) is 50.6 Å². The van der Waals surface area contributed by atoms with Gasteiger partial charge >= 0.3 is 0 Å². The van der Waals surface area contributed by atoms with E-state index in [9.17, 15) is 4.79 Å². The molecule has 0 radical (unpaired) electrons. The van der Waals surface area contributed by atoms with Crippen LogP contribution in [0.15, 0.2) is 45.3 Å². The molecule has 0 saturated carbocycles. The van der Waals surface area contributed by atoms with Gasteiger partial charge < -0.3 is 5.32 Å². The first-order chi connectivity index (χ1) is 10.0. The highest BCUT2D eigenvalue weighted by Crippen LogP contribution is 2.22. The van der Waals surface area contributed by atoms with E-state index >= 15 is 0 Å². The van der Waals surface area contributed by atoms with Gasteiger partial charge in [-0.15, -0.1) is 11.3 Å². The lowest BCUT2D eigenvalue weighted by Crippen LogP contribution is -2.26. The van der Waals surface area contributed by atoms with Gasteiger partial charge in [0.1, 0.15) is 0 Å². The van der Waals surface area contributed by atoms with Gasteiger partial charge in [-0.05, 0) is 59.6 Å². The Bertz CT molecular complexity index is 666. The number of thiophene rings is 1. The second kappa shape index (κ2) is 7.38. The first kappa shape index (κ1) is 15.7. The van der Waals surface area contributed by atoms with Gasteiger partial charge in [0, 0.05) is 5.69 Å². The summed E-state index contributed by atoms with van der Waals surface area (Å²) < 4.78 is 1.04. The van der Waals surface area contributed by atoms with Crippen molar-refractivity contribution in [3.63, 3.8) is 0 Å². The minimum atomic E-state index is -0.175. The van der Waals surface area contributed by atoms with E-state index in [1.165, 1.54) is 0 Å². The van der Waals surface area contributed by atoms with Crippen LogP contribution in [-0.2, 0) is 4.79 Å². The summed E-state index contributed by atoms with van der Waals surface area (Å²) in [6, 6.07) is 11.8. The van der Waals surface area contributed by atoms with Crippen LogP contribution in [0, 0.1) is 6.92 Å². The number of carbonyl (C=O) groups excluding carboxylic acids is 1. The molecule has 0 aliphatic heterocycles. The number of carbonyl (C=O) groups is 1. The Kier molecular flexibility index (Phi) is 5.52. The largest absolute Gasteiger partial charge is 0.376 e. The molecule has 2 rings (SSSR count). The molecule has 0 unspecified atom stereocenters. The van der Waals surface area contributed by atoms with E-state index in [1.54, 1.807) is 11.3 Å². The third-order valence-corrected chi connectivity index (χ3v) is 4.48. The van der Waals surface area contributed by atoms with Gasteiger partial charge in [0.15, 0.2) is 0 Å². The molecular formula is C15H16BrN3OS. The minimum Gasteiger partial charge on any atom is -0.376 e. The number of halogens is 1. The summed E-state index contributed by atoms with van der Waals surface area (Å²) in [6.07, 6.45) is 0. The van der Waals surface area contributed by atoms with Crippen molar-refractivity contribution in [2.24, 2.45) is 5.10 Å². The van der Waals surface area contributed by atoms with Gasteiger partial charge in [-0.2, -0.15) is 5.10 Å². The molecule has 2 aromatic rings. The molecule has 4 nitrogen and oxygen atoms in total. The number of aryl methyl sites for hydroxylation is 1. The lowest BCUT2D eigenvalue weighted by molar-refractivity contribution is -0.119. The number of rotatable bonds is 5. The molecule has 0 saturated heterocycles. The van der Waals surface area contributed by atoms with Crippen LogP contribution < -0.4 is 10.7 Å². The molecule has 21 heavy (non-hydrogen) atoms. The summed E-state index contributed by atoms with van der Waals surface area (Å²) >= 11 is 4.98. The van der Waals surface area contributed by atoms with Crippen LogP contribution in [0.5, 0.6) is 0 Å². The maximum Gasteiger partial charge on any atom is 0.259 e. The quantitative estimate of drug-likeness (QED) is 0.625. The maximum absolute atomic E-state index is 11.8. The van der Waals surface area contributed by atoms with Crippen molar-refractivity contribution < 1.29 is 4.79 Å². The van der Waals surface area contributed by atoms with Gasteiger partial charge in [-0.25, -0.2) is 5.43 Å². The predicted molar refractivity (Wildman–Crippen MR) is 92.0 cm³/mol. The fourth-order valence-corrected chi connectivity index (χ4v) is 3.02. The van der Waals surface area contributed by atoms with E-state index in [2.05, 4.69) is 31.8 Å². The predicted octanol–water partition coefficient (Wildman–Crippen LogP) is 3.77. The smallest absolute Gasteiger partial charge is 0.259 e. The summed E-state index contributed by atoms with van der Waals surface area (Å²) in [4.78, 5) is 12.8. The highest BCUT2D eigenvalue weighted by atomic mass is 79.9.